The third-order valence-corrected chi connectivity index (χ3v) is 2.73. The minimum Gasteiger partial charge on any atom is -0.462 e. The molecule has 1 rings (SSSR count). The molecule has 0 amide bonds. The Morgan fingerprint density at radius 1 is 1.37 bits per heavy atom. The number of rotatable bonds is 5. The lowest BCUT2D eigenvalue weighted by atomic mass is 9.92. The maximum absolute atomic E-state index is 11.9. The Hall–Kier alpha value is -1.71. The molecule has 106 valence electrons. The van der Waals surface area contributed by atoms with Crippen molar-refractivity contribution in [3.63, 3.8) is 0 Å². The number of carbonyl (C=O) groups is 1. The zero-order chi connectivity index (χ0) is 14.5. The van der Waals surface area contributed by atoms with Gasteiger partial charge in [-0.05, 0) is 37.0 Å². The lowest BCUT2D eigenvalue weighted by Gasteiger charge is -2.19. The lowest BCUT2D eigenvalue weighted by Crippen LogP contribution is -2.15. The van der Waals surface area contributed by atoms with Gasteiger partial charge in [-0.2, -0.15) is 0 Å². The molecule has 0 heterocycles. The molecule has 0 aromatic heterocycles. The Kier molecular flexibility index (Phi) is 5.21. The highest BCUT2D eigenvalue weighted by atomic mass is 16.5. The summed E-state index contributed by atoms with van der Waals surface area (Å²) in [7, 11) is 0. The average Bonchev–Trinajstić information content (AvgIpc) is 2.29. The van der Waals surface area contributed by atoms with Gasteiger partial charge in [0.2, 0.25) is 0 Å². The van der Waals surface area contributed by atoms with E-state index >= 15 is 0 Å². The summed E-state index contributed by atoms with van der Waals surface area (Å²) < 4.78 is 5.04. The fraction of sp³-hybridized carbons (Fsp3) is 0.533. The summed E-state index contributed by atoms with van der Waals surface area (Å²) in [4.78, 5) is 11.9. The molecule has 0 spiro atoms. The van der Waals surface area contributed by atoms with Crippen LogP contribution in [0.1, 0.15) is 44.5 Å². The first-order valence-corrected chi connectivity index (χ1v) is 6.64. The summed E-state index contributed by atoms with van der Waals surface area (Å²) in [6.45, 7) is 9.50. The van der Waals surface area contributed by atoms with Crippen LogP contribution < -0.4 is 11.1 Å². The van der Waals surface area contributed by atoms with Crippen molar-refractivity contribution in [2.45, 2.75) is 34.1 Å². The fourth-order valence-corrected chi connectivity index (χ4v) is 1.67. The fourth-order valence-electron chi connectivity index (χ4n) is 1.67. The summed E-state index contributed by atoms with van der Waals surface area (Å²) in [5.74, 6) is -0.340. The van der Waals surface area contributed by atoms with Crippen LogP contribution in [-0.4, -0.2) is 19.1 Å². The number of nitrogens with one attached hydrogen (secondary N) is 1. The van der Waals surface area contributed by atoms with E-state index in [0.29, 0.717) is 17.9 Å². The Balaban J connectivity index is 2.79. The van der Waals surface area contributed by atoms with Crippen molar-refractivity contribution < 1.29 is 9.53 Å². The van der Waals surface area contributed by atoms with Crippen LogP contribution in [0.25, 0.3) is 0 Å². The van der Waals surface area contributed by atoms with Crippen molar-refractivity contribution in [1.29, 1.82) is 0 Å². The molecule has 0 aliphatic rings. The minimum absolute atomic E-state index is 0.255. The molecular formula is C15H24N2O2. The zero-order valence-corrected chi connectivity index (χ0v) is 12.2. The van der Waals surface area contributed by atoms with Gasteiger partial charge in [-0.25, -0.2) is 4.79 Å². The highest BCUT2D eigenvalue weighted by Crippen LogP contribution is 2.22. The second-order valence-corrected chi connectivity index (χ2v) is 5.76. The number of hydrogen-bond donors (Lipinski definition) is 2. The van der Waals surface area contributed by atoms with E-state index in [1.807, 2.05) is 6.07 Å². The summed E-state index contributed by atoms with van der Waals surface area (Å²) in [6.07, 6.45) is 1.01. The standard InChI is InChI=1S/C15H24N2O2/c1-5-19-14(18)12-10-11(16)6-7-13(12)17-9-8-15(2,3)4/h6-7,10,17H,5,8-9,16H2,1-4H3. The number of nitrogens with two attached hydrogens (primary N) is 1. The molecule has 0 saturated heterocycles. The normalized spacial score (nSPS) is 11.2. The van der Waals surface area contributed by atoms with E-state index < -0.39 is 0 Å². The van der Waals surface area contributed by atoms with E-state index in [9.17, 15) is 4.79 Å². The van der Waals surface area contributed by atoms with Crippen LogP contribution in [0.5, 0.6) is 0 Å². The highest BCUT2D eigenvalue weighted by molar-refractivity contribution is 5.96. The molecule has 3 N–H and O–H groups in total. The number of carbonyl (C=O) groups excluding carboxylic acids is 1. The molecule has 0 atom stereocenters. The molecule has 0 saturated carbocycles. The molecule has 1 aromatic rings. The first-order chi connectivity index (χ1) is 8.83. The maximum Gasteiger partial charge on any atom is 0.340 e. The smallest absolute Gasteiger partial charge is 0.340 e. The van der Waals surface area contributed by atoms with E-state index in [-0.39, 0.29) is 11.4 Å². The Morgan fingerprint density at radius 2 is 2.05 bits per heavy atom. The van der Waals surface area contributed by atoms with Crippen molar-refractivity contribution in [2.75, 3.05) is 24.2 Å². The molecular weight excluding hydrogens is 240 g/mol. The number of esters is 1. The number of anilines is 2. The molecule has 0 bridgehead atoms. The Morgan fingerprint density at radius 3 is 2.63 bits per heavy atom. The van der Waals surface area contributed by atoms with Crippen molar-refractivity contribution in [3.8, 4) is 0 Å². The zero-order valence-electron chi connectivity index (χ0n) is 12.2. The third-order valence-electron chi connectivity index (χ3n) is 2.73. The number of benzene rings is 1. The van der Waals surface area contributed by atoms with Crippen molar-refractivity contribution in [3.05, 3.63) is 23.8 Å². The van der Waals surface area contributed by atoms with E-state index in [4.69, 9.17) is 10.5 Å². The maximum atomic E-state index is 11.9. The van der Waals surface area contributed by atoms with Gasteiger partial charge in [0.05, 0.1) is 12.2 Å². The molecule has 0 fully saturated rings. The first kappa shape index (κ1) is 15.3. The summed E-state index contributed by atoms with van der Waals surface area (Å²) in [5.41, 5.74) is 7.81. The highest BCUT2D eigenvalue weighted by Gasteiger charge is 2.14. The van der Waals surface area contributed by atoms with Crippen LogP contribution in [0.3, 0.4) is 0 Å². The monoisotopic (exact) mass is 264 g/mol. The SMILES string of the molecule is CCOC(=O)c1cc(N)ccc1NCCC(C)(C)C. The molecule has 0 unspecified atom stereocenters. The summed E-state index contributed by atoms with van der Waals surface area (Å²) in [6, 6.07) is 5.25. The van der Waals surface area contributed by atoms with Gasteiger partial charge in [0.25, 0.3) is 0 Å². The molecule has 0 radical (unpaired) electrons. The van der Waals surface area contributed by atoms with Crippen LogP contribution >= 0.6 is 0 Å². The Labute approximate surface area is 115 Å². The second-order valence-electron chi connectivity index (χ2n) is 5.76. The van der Waals surface area contributed by atoms with Crippen LogP contribution in [0.4, 0.5) is 11.4 Å². The van der Waals surface area contributed by atoms with Crippen LogP contribution in [-0.2, 0) is 4.74 Å². The predicted molar refractivity (Wildman–Crippen MR) is 79.4 cm³/mol. The van der Waals surface area contributed by atoms with Crippen LogP contribution in [0.15, 0.2) is 18.2 Å². The van der Waals surface area contributed by atoms with Crippen molar-refractivity contribution in [2.24, 2.45) is 5.41 Å². The van der Waals surface area contributed by atoms with Crippen LogP contribution in [0, 0.1) is 5.41 Å². The van der Waals surface area contributed by atoms with Gasteiger partial charge in [0, 0.05) is 17.9 Å². The number of hydrogen-bond acceptors (Lipinski definition) is 4. The molecule has 4 heteroatoms. The van der Waals surface area contributed by atoms with Gasteiger partial charge in [-0.1, -0.05) is 20.8 Å². The summed E-state index contributed by atoms with van der Waals surface area (Å²) in [5, 5.41) is 3.28. The molecule has 19 heavy (non-hydrogen) atoms. The predicted octanol–water partition coefficient (Wildman–Crippen LogP) is 3.29. The molecule has 4 nitrogen and oxygen atoms in total. The van der Waals surface area contributed by atoms with Gasteiger partial charge in [0.15, 0.2) is 0 Å². The van der Waals surface area contributed by atoms with Crippen molar-refractivity contribution in [1.82, 2.24) is 0 Å². The van der Waals surface area contributed by atoms with Crippen LogP contribution in [0.2, 0.25) is 0 Å². The number of ether oxygens (including phenoxy) is 1. The van der Waals surface area contributed by atoms with Gasteiger partial charge < -0.3 is 15.8 Å². The quantitative estimate of drug-likeness (QED) is 0.632. The molecule has 0 aliphatic heterocycles. The van der Waals surface area contributed by atoms with Gasteiger partial charge >= 0.3 is 5.97 Å². The third kappa shape index (κ3) is 5.20. The van der Waals surface area contributed by atoms with Crippen molar-refractivity contribution >= 4 is 17.3 Å². The molecule has 0 aliphatic carbocycles. The lowest BCUT2D eigenvalue weighted by molar-refractivity contribution is 0.0527. The van der Waals surface area contributed by atoms with Gasteiger partial charge in [-0.3, -0.25) is 0 Å². The van der Waals surface area contributed by atoms with E-state index in [1.165, 1.54) is 0 Å². The average molecular weight is 264 g/mol. The van der Waals surface area contributed by atoms with Gasteiger partial charge in [0.1, 0.15) is 0 Å². The molecule has 1 aromatic carbocycles. The second kappa shape index (κ2) is 6.45. The van der Waals surface area contributed by atoms with E-state index in [0.717, 1.165) is 18.7 Å². The van der Waals surface area contributed by atoms with E-state index in [2.05, 4.69) is 26.1 Å². The number of nitrogen functional groups attached to an aromatic ring is 1. The van der Waals surface area contributed by atoms with Gasteiger partial charge in [-0.15, -0.1) is 0 Å². The van der Waals surface area contributed by atoms with E-state index in [1.54, 1.807) is 19.1 Å². The largest absolute Gasteiger partial charge is 0.462 e. The summed E-state index contributed by atoms with van der Waals surface area (Å²) >= 11 is 0. The topological polar surface area (TPSA) is 64.3 Å². The minimum atomic E-state index is -0.340. The first-order valence-electron chi connectivity index (χ1n) is 6.64. The Bertz CT molecular complexity index is 436.